The number of hydrogen-bond donors (Lipinski definition) is 0. The molecular weight excluding hydrogens is 645 g/mol. The van der Waals surface area contributed by atoms with E-state index in [1.54, 1.807) is 11.3 Å². The normalized spacial score (nSPS) is 13.3. The molecule has 7 aromatic carbocycles. The fraction of sp³-hybridized carbons (Fsp3) is 0. The molecule has 0 radical (unpaired) electrons. The average Bonchev–Trinajstić information content (AvgIpc) is 3.92. The maximum atomic E-state index is 8.86. The van der Waals surface area contributed by atoms with Crippen molar-refractivity contribution in [2.75, 3.05) is 0 Å². The number of fused-ring (bicyclic) bond motifs is 9. The number of para-hydroxylation sites is 4. The van der Waals surface area contributed by atoms with Crippen LogP contribution in [0.5, 0.6) is 0 Å². The molecule has 0 aliphatic rings. The van der Waals surface area contributed by atoms with Gasteiger partial charge in [0, 0.05) is 48.1 Å². The number of thiophene rings is 1. The van der Waals surface area contributed by atoms with Crippen LogP contribution in [0, 0.1) is 0 Å². The highest BCUT2D eigenvalue weighted by molar-refractivity contribution is 7.26. The molecule has 0 fully saturated rings. The molecule has 5 nitrogen and oxygen atoms in total. The molecule has 0 N–H and O–H groups in total. The Balaban J connectivity index is 1.21. The quantitative estimate of drug-likeness (QED) is 0.186. The van der Waals surface area contributed by atoms with Gasteiger partial charge < -0.3 is 8.98 Å². The van der Waals surface area contributed by atoms with Crippen molar-refractivity contribution in [2.24, 2.45) is 0 Å². The first-order valence-electron chi connectivity index (χ1n) is 19.0. The molecule has 0 atom stereocenters. The summed E-state index contributed by atoms with van der Waals surface area (Å²) in [6, 6.07) is 40.6. The van der Waals surface area contributed by atoms with E-state index in [-0.39, 0.29) is 17.2 Å². The highest BCUT2D eigenvalue weighted by Gasteiger charge is 2.21. The molecule has 51 heavy (non-hydrogen) atoms. The third kappa shape index (κ3) is 4.24. The molecule has 0 saturated carbocycles. The zero-order chi connectivity index (χ0) is 37.8. The van der Waals surface area contributed by atoms with E-state index in [2.05, 4.69) is 77.4 Å². The van der Waals surface area contributed by atoms with Gasteiger partial charge in [0.25, 0.3) is 0 Å². The van der Waals surface area contributed by atoms with Gasteiger partial charge in [0.15, 0.2) is 17.5 Å². The molecule has 4 aromatic heterocycles. The number of nitrogens with zero attached hydrogens (tertiary/aromatic N) is 4. The van der Waals surface area contributed by atoms with Crippen molar-refractivity contribution in [3.63, 3.8) is 0 Å². The first kappa shape index (κ1) is 23.7. The van der Waals surface area contributed by atoms with Crippen molar-refractivity contribution in [1.82, 2.24) is 19.5 Å². The van der Waals surface area contributed by atoms with Crippen LogP contribution in [0.1, 0.15) is 6.85 Å². The Morgan fingerprint density at radius 2 is 1.14 bits per heavy atom. The molecule has 238 valence electrons. The number of furan rings is 1. The third-order valence-corrected chi connectivity index (χ3v) is 10.8. The minimum absolute atomic E-state index is 0.0300. The van der Waals surface area contributed by atoms with Gasteiger partial charge in [0.1, 0.15) is 11.2 Å². The summed E-state index contributed by atoms with van der Waals surface area (Å²) in [5.41, 5.74) is 5.78. The molecular formula is C45H26N4OS. The number of hydrogen-bond acceptors (Lipinski definition) is 5. The average molecular weight is 676 g/mol. The van der Waals surface area contributed by atoms with Gasteiger partial charge in [-0.15, -0.1) is 11.3 Å². The van der Waals surface area contributed by atoms with Gasteiger partial charge in [0.2, 0.25) is 0 Å². The lowest BCUT2D eigenvalue weighted by Gasteiger charge is -2.10. The maximum absolute atomic E-state index is 8.86. The van der Waals surface area contributed by atoms with Gasteiger partial charge in [-0.1, -0.05) is 121 Å². The van der Waals surface area contributed by atoms with Crippen LogP contribution in [0.4, 0.5) is 0 Å². The third-order valence-electron chi connectivity index (χ3n) is 9.57. The summed E-state index contributed by atoms with van der Waals surface area (Å²) in [6.07, 6.45) is 0. The Morgan fingerprint density at radius 1 is 0.529 bits per heavy atom. The summed E-state index contributed by atoms with van der Waals surface area (Å²) >= 11 is 1.69. The van der Waals surface area contributed by atoms with E-state index in [0.717, 1.165) is 53.2 Å². The highest BCUT2D eigenvalue weighted by atomic mass is 32.1. The van der Waals surface area contributed by atoms with Gasteiger partial charge >= 0.3 is 0 Å². The molecule has 0 unspecified atom stereocenters. The van der Waals surface area contributed by atoms with Crippen LogP contribution in [-0.2, 0) is 0 Å². The second-order valence-corrected chi connectivity index (χ2v) is 13.4. The fourth-order valence-corrected chi connectivity index (χ4v) is 8.62. The summed E-state index contributed by atoms with van der Waals surface area (Å²) in [7, 11) is 0. The molecule has 0 amide bonds. The molecule has 11 aromatic rings. The van der Waals surface area contributed by atoms with Crippen LogP contribution in [-0.4, -0.2) is 19.5 Å². The standard InChI is InChI=1S/C45H26N4OS/c1-2-13-27(14-3-1)43-46-44(48-45(47-43)34-21-10-18-31-30-17-6-9-25-38(30)50-41(31)34)33-20-12-26-39-40(33)32-19-11-24-37(42(32)51-39)49-35-22-7-4-15-28(35)29-16-5-8-23-36(29)49/h1-26H/i1D,2D,3D,13D,14D. The zero-order valence-corrected chi connectivity index (χ0v) is 27.5. The zero-order valence-electron chi connectivity index (χ0n) is 31.7. The molecule has 4 heterocycles. The van der Waals surface area contributed by atoms with Crippen LogP contribution in [0.25, 0.3) is 104 Å². The van der Waals surface area contributed by atoms with E-state index in [1.165, 1.54) is 10.8 Å². The smallest absolute Gasteiger partial charge is 0.167 e. The second-order valence-electron chi connectivity index (χ2n) is 12.4. The lowest BCUT2D eigenvalue weighted by atomic mass is 10.0. The lowest BCUT2D eigenvalue weighted by molar-refractivity contribution is 0.669. The monoisotopic (exact) mass is 675 g/mol. The largest absolute Gasteiger partial charge is 0.455 e. The van der Waals surface area contributed by atoms with Crippen LogP contribution < -0.4 is 0 Å². The van der Waals surface area contributed by atoms with Gasteiger partial charge in [-0.05, 0) is 36.4 Å². The number of rotatable bonds is 4. The maximum Gasteiger partial charge on any atom is 0.167 e. The van der Waals surface area contributed by atoms with Crippen molar-refractivity contribution in [3.05, 3.63) is 158 Å². The van der Waals surface area contributed by atoms with Crippen molar-refractivity contribution in [3.8, 4) is 39.9 Å². The Labute approximate surface area is 302 Å². The van der Waals surface area contributed by atoms with Crippen LogP contribution in [0.3, 0.4) is 0 Å². The predicted octanol–water partition coefficient (Wildman–Crippen LogP) is 12.2. The van der Waals surface area contributed by atoms with Crippen LogP contribution >= 0.6 is 11.3 Å². The second kappa shape index (κ2) is 10.9. The van der Waals surface area contributed by atoms with E-state index in [0.29, 0.717) is 22.6 Å². The van der Waals surface area contributed by atoms with Gasteiger partial charge in [-0.25, -0.2) is 15.0 Å². The van der Waals surface area contributed by atoms with Crippen LogP contribution in [0.15, 0.2) is 162 Å². The summed E-state index contributed by atoms with van der Waals surface area (Å²) < 4.78 is 53.7. The SMILES string of the molecule is [2H]c1c([2H])c([2H])c(-c2nc(-c3cccc4c3oc3ccccc34)nc(-c3cccc4sc5c(-n6c7ccccc7c7ccccc76)cccc5c34)n2)c([2H])c1[2H]. The minimum atomic E-state index is -0.487. The molecule has 0 aliphatic carbocycles. The van der Waals surface area contributed by atoms with Crippen molar-refractivity contribution in [2.45, 2.75) is 0 Å². The topological polar surface area (TPSA) is 56.7 Å². The summed E-state index contributed by atoms with van der Waals surface area (Å²) in [5.74, 6) is 0.527. The minimum Gasteiger partial charge on any atom is -0.455 e. The van der Waals surface area contributed by atoms with E-state index in [9.17, 15) is 0 Å². The van der Waals surface area contributed by atoms with Crippen LogP contribution in [0.2, 0.25) is 0 Å². The predicted molar refractivity (Wildman–Crippen MR) is 211 cm³/mol. The Morgan fingerprint density at radius 3 is 1.94 bits per heavy atom. The molecule has 0 aliphatic heterocycles. The van der Waals surface area contributed by atoms with Gasteiger partial charge in [0.05, 0.1) is 33.8 Å². The Bertz CT molecular complexity index is 3380. The van der Waals surface area contributed by atoms with Crippen molar-refractivity contribution >= 4 is 75.3 Å². The Kier molecular flexibility index (Phi) is 5.08. The molecule has 6 heteroatoms. The van der Waals surface area contributed by atoms with E-state index < -0.39 is 30.2 Å². The van der Waals surface area contributed by atoms with Gasteiger partial charge in [-0.3, -0.25) is 0 Å². The molecule has 0 spiro atoms. The highest BCUT2D eigenvalue weighted by Crippen LogP contribution is 2.44. The van der Waals surface area contributed by atoms with E-state index in [1.807, 2.05) is 54.6 Å². The Hall–Kier alpha value is -6.63. The van der Waals surface area contributed by atoms with Gasteiger partial charge in [-0.2, -0.15) is 0 Å². The molecule has 0 bridgehead atoms. The summed E-state index contributed by atoms with van der Waals surface area (Å²) in [5, 5.41) is 6.15. The van der Waals surface area contributed by atoms with E-state index in [4.69, 9.17) is 26.2 Å². The fourth-order valence-electron chi connectivity index (χ4n) is 7.39. The summed E-state index contributed by atoms with van der Waals surface area (Å²) in [6.45, 7) is 0. The number of benzene rings is 7. The molecule has 11 rings (SSSR count). The lowest BCUT2D eigenvalue weighted by Crippen LogP contribution is -2.00. The van der Waals surface area contributed by atoms with E-state index >= 15 is 0 Å². The molecule has 0 saturated heterocycles. The first-order chi connectivity index (χ1) is 27.4. The van der Waals surface area contributed by atoms with Crippen molar-refractivity contribution in [1.29, 1.82) is 0 Å². The summed E-state index contributed by atoms with van der Waals surface area (Å²) in [4.78, 5) is 14.9. The van der Waals surface area contributed by atoms with Crippen molar-refractivity contribution < 1.29 is 11.3 Å². The first-order valence-corrected chi connectivity index (χ1v) is 17.4. The number of aromatic nitrogens is 4.